The number of rotatable bonds is 7. The van der Waals surface area contributed by atoms with Gasteiger partial charge in [0, 0.05) is 11.9 Å². The Hall–Kier alpha value is -3.55. The SMILES string of the molecule is Cc1cc(/C=C(\Cl)c2nnc(C(=O)Nc3ccccc3)s2)cc(C)c1OCc1ccccn1. The second kappa shape index (κ2) is 10.4. The lowest BCUT2D eigenvalue weighted by atomic mass is 10.1. The molecule has 4 rings (SSSR count). The van der Waals surface area contributed by atoms with E-state index in [4.69, 9.17) is 16.3 Å². The summed E-state index contributed by atoms with van der Waals surface area (Å²) in [5, 5.41) is 12.0. The zero-order chi connectivity index (χ0) is 23.2. The molecule has 0 atom stereocenters. The first-order valence-electron chi connectivity index (χ1n) is 10.2. The van der Waals surface area contributed by atoms with Crippen LogP contribution in [0.1, 0.15) is 37.2 Å². The number of hydrogen-bond donors (Lipinski definition) is 1. The summed E-state index contributed by atoms with van der Waals surface area (Å²) in [6.45, 7) is 4.38. The molecule has 8 heteroatoms. The molecular formula is C25H21ClN4O2S. The van der Waals surface area contributed by atoms with E-state index < -0.39 is 0 Å². The maximum absolute atomic E-state index is 12.4. The lowest BCUT2D eigenvalue weighted by molar-refractivity contribution is 0.102. The zero-order valence-electron chi connectivity index (χ0n) is 18.1. The van der Waals surface area contributed by atoms with Crippen molar-refractivity contribution in [2.45, 2.75) is 20.5 Å². The van der Waals surface area contributed by atoms with Crippen molar-refractivity contribution < 1.29 is 9.53 Å². The maximum Gasteiger partial charge on any atom is 0.286 e. The summed E-state index contributed by atoms with van der Waals surface area (Å²) < 4.78 is 6.00. The second-order valence-electron chi connectivity index (χ2n) is 7.32. The molecule has 33 heavy (non-hydrogen) atoms. The Labute approximate surface area is 200 Å². The Bertz CT molecular complexity index is 1270. The number of ether oxygens (including phenoxy) is 1. The number of para-hydroxylation sites is 1. The number of nitrogens with zero attached hydrogens (tertiary/aromatic N) is 3. The highest BCUT2D eigenvalue weighted by Crippen LogP contribution is 2.30. The molecule has 0 spiro atoms. The Kier molecular flexibility index (Phi) is 7.12. The number of carbonyl (C=O) groups is 1. The van der Waals surface area contributed by atoms with Crippen molar-refractivity contribution in [3.63, 3.8) is 0 Å². The second-order valence-corrected chi connectivity index (χ2v) is 8.70. The fourth-order valence-electron chi connectivity index (χ4n) is 3.25. The third-order valence-electron chi connectivity index (χ3n) is 4.72. The minimum atomic E-state index is -0.324. The Morgan fingerprint density at radius 3 is 2.42 bits per heavy atom. The molecule has 0 aliphatic rings. The van der Waals surface area contributed by atoms with E-state index in [1.54, 1.807) is 18.3 Å². The van der Waals surface area contributed by atoms with Gasteiger partial charge in [-0.2, -0.15) is 0 Å². The van der Waals surface area contributed by atoms with Gasteiger partial charge >= 0.3 is 0 Å². The molecule has 2 heterocycles. The quantitative estimate of drug-likeness (QED) is 0.347. The summed E-state index contributed by atoms with van der Waals surface area (Å²) in [7, 11) is 0. The number of nitrogens with one attached hydrogen (secondary N) is 1. The molecule has 0 aliphatic carbocycles. The van der Waals surface area contributed by atoms with Gasteiger partial charge in [0.05, 0.1) is 10.7 Å². The van der Waals surface area contributed by atoms with Crippen LogP contribution in [0, 0.1) is 13.8 Å². The predicted molar refractivity (Wildman–Crippen MR) is 133 cm³/mol. The molecule has 0 radical (unpaired) electrons. The monoisotopic (exact) mass is 476 g/mol. The van der Waals surface area contributed by atoms with Gasteiger partial charge in [-0.15, -0.1) is 10.2 Å². The van der Waals surface area contributed by atoms with Gasteiger partial charge in [-0.3, -0.25) is 9.78 Å². The van der Waals surface area contributed by atoms with Gasteiger partial charge in [0.2, 0.25) is 5.01 Å². The van der Waals surface area contributed by atoms with Gasteiger partial charge in [-0.1, -0.05) is 47.2 Å². The highest BCUT2D eigenvalue weighted by atomic mass is 35.5. The van der Waals surface area contributed by atoms with Gasteiger partial charge in [0.1, 0.15) is 12.4 Å². The number of amides is 1. The van der Waals surface area contributed by atoms with E-state index in [9.17, 15) is 4.79 Å². The van der Waals surface area contributed by atoms with Gasteiger partial charge in [0.25, 0.3) is 5.91 Å². The topological polar surface area (TPSA) is 77.0 Å². The Morgan fingerprint density at radius 2 is 1.73 bits per heavy atom. The molecule has 0 unspecified atom stereocenters. The molecule has 0 aliphatic heterocycles. The van der Waals surface area contributed by atoms with Gasteiger partial charge < -0.3 is 10.1 Å². The van der Waals surface area contributed by atoms with Crippen molar-refractivity contribution in [2.24, 2.45) is 0 Å². The first kappa shape index (κ1) is 22.6. The predicted octanol–water partition coefficient (Wildman–Crippen LogP) is 6.12. The molecule has 0 fully saturated rings. The summed E-state index contributed by atoms with van der Waals surface area (Å²) in [6.07, 6.45) is 3.56. The maximum atomic E-state index is 12.4. The van der Waals surface area contributed by atoms with Crippen molar-refractivity contribution in [3.05, 3.63) is 99.3 Å². The number of pyridine rings is 1. The van der Waals surface area contributed by atoms with Gasteiger partial charge in [-0.25, -0.2) is 0 Å². The van der Waals surface area contributed by atoms with E-state index in [0.29, 0.717) is 22.3 Å². The van der Waals surface area contributed by atoms with E-state index >= 15 is 0 Å². The standard InChI is InChI=1S/C25H21ClN4O2S/c1-16-12-18(13-17(2)22(16)32-15-20-10-6-7-11-27-20)14-21(26)24-29-30-25(33-24)23(31)28-19-8-4-3-5-9-19/h3-14H,15H2,1-2H3,(H,28,31)/b21-14-. The van der Waals surface area contributed by atoms with Crippen molar-refractivity contribution in [3.8, 4) is 5.75 Å². The Morgan fingerprint density at radius 1 is 1.03 bits per heavy atom. The molecule has 0 saturated carbocycles. The number of hydrogen-bond acceptors (Lipinski definition) is 6. The normalized spacial score (nSPS) is 11.3. The molecule has 4 aromatic rings. The minimum Gasteiger partial charge on any atom is -0.487 e. The van der Waals surface area contributed by atoms with E-state index in [1.165, 1.54) is 0 Å². The van der Waals surface area contributed by atoms with Crippen molar-refractivity contribution in [1.29, 1.82) is 0 Å². The molecule has 0 saturated heterocycles. The van der Waals surface area contributed by atoms with Crippen LogP contribution in [-0.2, 0) is 6.61 Å². The van der Waals surface area contributed by atoms with Crippen molar-refractivity contribution in [2.75, 3.05) is 5.32 Å². The van der Waals surface area contributed by atoms with Crippen LogP contribution in [0.3, 0.4) is 0 Å². The largest absolute Gasteiger partial charge is 0.487 e. The average Bonchev–Trinajstić information content (AvgIpc) is 3.31. The first-order chi connectivity index (χ1) is 16.0. The lowest BCUT2D eigenvalue weighted by Crippen LogP contribution is -2.11. The van der Waals surface area contributed by atoms with Crippen LogP contribution in [0.4, 0.5) is 5.69 Å². The number of aryl methyl sites for hydroxylation is 2. The van der Waals surface area contributed by atoms with Crippen LogP contribution in [-0.4, -0.2) is 21.1 Å². The average molecular weight is 477 g/mol. The van der Waals surface area contributed by atoms with Crippen LogP contribution >= 0.6 is 22.9 Å². The summed E-state index contributed by atoms with van der Waals surface area (Å²) in [4.78, 5) is 16.7. The van der Waals surface area contributed by atoms with E-state index in [2.05, 4.69) is 20.5 Å². The van der Waals surface area contributed by atoms with Crippen LogP contribution in [0.5, 0.6) is 5.75 Å². The smallest absolute Gasteiger partial charge is 0.286 e. The van der Waals surface area contributed by atoms with Crippen LogP contribution in [0.15, 0.2) is 66.9 Å². The van der Waals surface area contributed by atoms with E-state index in [1.807, 2.05) is 68.5 Å². The molecular weight excluding hydrogens is 456 g/mol. The lowest BCUT2D eigenvalue weighted by Gasteiger charge is -2.13. The molecule has 2 aromatic carbocycles. The van der Waals surface area contributed by atoms with Gasteiger partial charge in [0.15, 0.2) is 5.01 Å². The number of carbonyl (C=O) groups excluding carboxylic acids is 1. The van der Waals surface area contributed by atoms with E-state index in [-0.39, 0.29) is 10.9 Å². The third kappa shape index (κ3) is 5.83. The molecule has 0 bridgehead atoms. The fourth-order valence-corrected chi connectivity index (χ4v) is 4.18. The van der Waals surface area contributed by atoms with Gasteiger partial charge in [-0.05, 0) is 73.0 Å². The summed E-state index contributed by atoms with van der Waals surface area (Å²) in [6, 6.07) is 18.9. The highest BCUT2D eigenvalue weighted by Gasteiger charge is 2.15. The molecule has 2 aromatic heterocycles. The Balaban J connectivity index is 1.47. The van der Waals surface area contributed by atoms with Crippen LogP contribution in [0.2, 0.25) is 0 Å². The first-order valence-corrected chi connectivity index (χ1v) is 11.4. The number of benzene rings is 2. The minimum absolute atomic E-state index is 0.242. The molecule has 1 amide bonds. The van der Waals surface area contributed by atoms with Crippen LogP contribution in [0.25, 0.3) is 11.1 Å². The highest BCUT2D eigenvalue weighted by molar-refractivity contribution is 7.15. The van der Waals surface area contributed by atoms with Crippen molar-refractivity contribution in [1.82, 2.24) is 15.2 Å². The number of aromatic nitrogens is 3. The van der Waals surface area contributed by atoms with Crippen molar-refractivity contribution >= 4 is 45.6 Å². The zero-order valence-corrected chi connectivity index (χ0v) is 19.7. The summed E-state index contributed by atoms with van der Waals surface area (Å²) in [5.74, 6) is 0.500. The van der Waals surface area contributed by atoms with E-state index in [0.717, 1.165) is 39.5 Å². The molecule has 166 valence electrons. The number of halogens is 1. The fraction of sp³-hybridized carbons (Fsp3) is 0.120. The summed E-state index contributed by atoms with van der Waals surface area (Å²) >= 11 is 7.64. The molecule has 1 N–H and O–H groups in total. The van der Waals surface area contributed by atoms with Crippen LogP contribution < -0.4 is 10.1 Å². The molecule has 6 nitrogen and oxygen atoms in total. The third-order valence-corrected chi connectivity index (χ3v) is 6.08. The summed E-state index contributed by atoms with van der Waals surface area (Å²) in [5.41, 5.74) is 4.44. The number of anilines is 1.